The second-order valence-electron chi connectivity index (χ2n) is 13.6. The molecule has 0 aliphatic carbocycles. The monoisotopic (exact) mass is 706 g/mol. The van der Waals surface area contributed by atoms with Gasteiger partial charge in [-0.25, -0.2) is 15.0 Å². The van der Waals surface area contributed by atoms with Crippen LogP contribution in [-0.4, -0.2) is 19.5 Å². The molecule has 0 aliphatic heterocycles. The Bertz CT molecular complexity index is 3230. The Balaban J connectivity index is 1.10. The van der Waals surface area contributed by atoms with Crippen LogP contribution in [0, 0.1) is 0 Å². The lowest BCUT2D eigenvalue weighted by Gasteiger charge is -2.12. The second-order valence-corrected chi connectivity index (χ2v) is 14.7. The first kappa shape index (κ1) is 30.7. The van der Waals surface area contributed by atoms with Crippen LogP contribution >= 0.6 is 11.3 Å². The highest BCUT2D eigenvalue weighted by atomic mass is 32.1. The Morgan fingerprint density at radius 2 is 1.00 bits per heavy atom. The number of nitrogens with zero attached hydrogens (tertiary/aromatic N) is 4. The highest BCUT2D eigenvalue weighted by Gasteiger charge is 2.18. The normalized spacial score (nSPS) is 11.7. The lowest BCUT2D eigenvalue weighted by Crippen LogP contribution is -2.01. The molecule has 0 bridgehead atoms. The number of aromatic nitrogens is 4. The van der Waals surface area contributed by atoms with Crippen LogP contribution in [0.5, 0.6) is 0 Å². The summed E-state index contributed by atoms with van der Waals surface area (Å²) in [6.45, 7) is 0. The first-order valence-corrected chi connectivity index (χ1v) is 18.9. The van der Waals surface area contributed by atoms with E-state index in [1.54, 1.807) is 0 Å². The fourth-order valence-electron chi connectivity index (χ4n) is 7.89. The molecule has 0 unspecified atom stereocenters. The lowest BCUT2D eigenvalue weighted by atomic mass is 9.98. The van der Waals surface area contributed by atoms with Gasteiger partial charge in [-0.05, 0) is 64.4 Å². The molecule has 8 aromatic carbocycles. The van der Waals surface area contributed by atoms with Crippen LogP contribution in [-0.2, 0) is 0 Å². The molecular formula is C49H30N4S. The van der Waals surface area contributed by atoms with E-state index in [1.165, 1.54) is 47.5 Å². The third kappa shape index (κ3) is 5.01. The molecule has 54 heavy (non-hydrogen) atoms. The molecule has 5 heteroatoms. The molecule has 0 aliphatic rings. The maximum absolute atomic E-state index is 5.13. The van der Waals surface area contributed by atoms with Crippen LogP contribution in [0.1, 0.15) is 0 Å². The number of thiophene rings is 1. The maximum Gasteiger partial charge on any atom is 0.164 e. The molecular weight excluding hydrogens is 677 g/mol. The van der Waals surface area contributed by atoms with Gasteiger partial charge in [-0.3, -0.25) is 0 Å². The summed E-state index contributed by atoms with van der Waals surface area (Å²) in [6.07, 6.45) is 0. The number of para-hydroxylation sites is 1. The zero-order chi connectivity index (χ0) is 35.6. The van der Waals surface area contributed by atoms with Crippen LogP contribution < -0.4 is 0 Å². The minimum atomic E-state index is 0.631. The number of benzene rings is 8. The molecule has 0 atom stereocenters. The van der Waals surface area contributed by atoms with E-state index in [-0.39, 0.29) is 0 Å². The summed E-state index contributed by atoms with van der Waals surface area (Å²) in [5, 5.41) is 7.38. The van der Waals surface area contributed by atoms with Crippen molar-refractivity contribution < 1.29 is 0 Å². The number of hydrogen-bond donors (Lipinski definition) is 0. The van der Waals surface area contributed by atoms with Crippen molar-refractivity contribution >= 4 is 64.1 Å². The Labute approximate surface area is 315 Å². The van der Waals surface area contributed by atoms with E-state index in [0.717, 1.165) is 38.8 Å². The maximum atomic E-state index is 5.13. The van der Waals surface area contributed by atoms with Gasteiger partial charge >= 0.3 is 0 Å². The molecule has 11 aromatic rings. The zero-order valence-corrected chi connectivity index (χ0v) is 29.8. The molecule has 11 rings (SSSR count). The van der Waals surface area contributed by atoms with Crippen LogP contribution in [0.25, 0.3) is 104 Å². The summed E-state index contributed by atoms with van der Waals surface area (Å²) in [5.41, 5.74) is 8.61. The van der Waals surface area contributed by atoms with Gasteiger partial charge in [0.2, 0.25) is 0 Å². The van der Waals surface area contributed by atoms with Gasteiger partial charge in [-0.1, -0.05) is 140 Å². The molecule has 3 heterocycles. The van der Waals surface area contributed by atoms with Gasteiger partial charge in [-0.2, -0.15) is 0 Å². The van der Waals surface area contributed by atoms with Crippen molar-refractivity contribution in [2.24, 2.45) is 0 Å². The van der Waals surface area contributed by atoms with E-state index in [2.05, 4.69) is 168 Å². The highest BCUT2D eigenvalue weighted by molar-refractivity contribution is 7.25. The Morgan fingerprint density at radius 1 is 0.370 bits per heavy atom. The Hall–Kier alpha value is -6.95. The smallest absolute Gasteiger partial charge is 0.164 e. The van der Waals surface area contributed by atoms with Gasteiger partial charge < -0.3 is 4.57 Å². The average Bonchev–Trinajstić information content (AvgIpc) is 3.79. The number of rotatable bonds is 5. The zero-order valence-electron chi connectivity index (χ0n) is 29.0. The van der Waals surface area contributed by atoms with Crippen molar-refractivity contribution in [3.8, 4) is 51.0 Å². The molecule has 0 amide bonds. The molecule has 0 fully saturated rings. The SMILES string of the molecule is c1ccc(-c2nc(-c3cccc(-n4c5ccccc5c5ccc(-c6cccc7sc8ccccc8c67)cc54)c3)nc(-c3ccc4ccccc4c3)n2)cc1. The third-order valence-corrected chi connectivity index (χ3v) is 11.6. The van der Waals surface area contributed by atoms with Gasteiger partial charge in [0, 0.05) is 53.3 Å². The van der Waals surface area contributed by atoms with E-state index >= 15 is 0 Å². The van der Waals surface area contributed by atoms with Gasteiger partial charge in [-0.15, -0.1) is 11.3 Å². The number of hydrogen-bond acceptors (Lipinski definition) is 4. The fraction of sp³-hybridized carbons (Fsp3) is 0. The van der Waals surface area contributed by atoms with E-state index in [0.29, 0.717) is 17.5 Å². The van der Waals surface area contributed by atoms with Gasteiger partial charge in [0.1, 0.15) is 0 Å². The van der Waals surface area contributed by atoms with E-state index < -0.39 is 0 Å². The van der Waals surface area contributed by atoms with Crippen molar-refractivity contribution in [1.82, 2.24) is 19.5 Å². The lowest BCUT2D eigenvalue weighted by molar-refractivity contribution is 1.07. The first-order chi connectivity index (χ1) is 26.7. The average molecular weight is 707 g/mol. The highest BCUT2D eigenvalue weighted by Crippen LogP contribution is 2.42. The van der Waals surface area contributed by atoms with E-state index in [1.807, 2.05) is 29.5 Å². The fourth-order valence-corrected chi connectivity index (χ4v) is 9.03. The van der Waals surface area contributed by atoms with Gasteiger partial charge in [0.25, 0.3) is 0 Å². The van der Waals surface area contributed by atoms with E-state index in [4.69, 9.17) is 15.0 Å². The second kappa shape index (κ2) is 12.3. The quantitative estimate of drug-likeness (QED) is 0.179. The van der Waals surface area contributed by atoms with Crippen LogP contribution in [0.2, 0.25) is 0 Å². The minimum Gasteiger partial charge on any atom is -0.309 e. The van der Waals surface area contributed by atoms with Crippen LogP contribution in [0.4, 0.5) is 0 Å². The number of fused-ring (bicyclic) bond motifs is 7. The Morgan fingerprint density at radius 3 is 1.87 bits per heavy atom. The molecule has 0 saturated heterocycles. The van der Waals surface area contributed by atoms with Crippen LogP contribution in [0.15, 0.2) is 182 Å². The summed E-state index contributed by atoms with van der Waals surface area (Å²) < 4.78 is 4.99. The summed E-state index contributed by atoms with van der Waals surface area (Å²) >= 11 is 1.86. The Kier molecular flexibility index (Phi) is 7.00. The van der Waals surface area contributed by atoms with Crippen molar-refractivity contribution in [3.05, 3.63) is 182 Å². The standard InChI is InChI=1S/C49H30N4S/c1-2-13-32(14-3-1)47-50-48(52-49(51-47)36-25-24-31-12-4-5-15-33(31)28-36)35-16-10-17-37(29-35)53-42-21-8-6-18-39(42)40-27-26-34(30-43(40)53)38-20-11-23-45-46(38)41-19-7-9-22-44(41)54-45/h1-30H. The topological polar surface area (TPSA) is 43.6 Å². The minimum absolute atomic E-state index is 0.631. The largest absolute Gasteiger partial charge is 0.309 e. The van der Waals surface area contributed by atoms with Crippen LogP contribution in [0.3, 0.4) is 0 Å². The molecule has 0 saturated carbocycles. The predicted octanol–water partition coefficient (Wildman–Crippen LogP) is 13.2. The van der Waals surface area contributed by atoms with Gasteiger partial charge in [0.05, 0.1) is 11.0 Å². The molecule has 0 spiro atoms. The summed E-state index contributed by atoms with van der Waals surface area (Å²) in [7, 11) is 0. The summed E-state index contributed by atoms with van der Waals surface area (Å²) in [6, 6.07) is 64.5. The molecule has 4 nitrogen and oxygen atoms in total. The summed E-state index contributed by atoms with van der Waals surface area (Å²) in [5.74, 6) is 1.92. The van der Waals surface area contributed by atoms with Gasteiger partial charge in [0.15, 0.2) is 17.5 Å². The van der Waals surface area contributed by atoms with Crippen molar-refractivity contribution in [2.45, 2.75) is 0 Å². The third-order valence-electron chi connectivity index (χ3n) is 10.4. The summed E-state index contributed by atoms with van der Waals surface area (Å²) in [4.78, 5) is 15.2. The van der Waals surface area contributed by atoms with Crippen molar-refractivity contribution in [2.75, 3.05) is 0 Å². The van der Waals surface area contributed by atoms with E-state index in [9.17, 15) is 0 Å². The van der Waals surface area contributed by atoms with Crippen molar-refractivity contribution in [1.29, 1.82) is 0 Å². The van der Waals surface area contributed by atoms with Crippen molar-refractivity contribution in [3.63, 3.8) is 0 Å². The predicted molar refractivity (Wildman–Crippen MR) is 226 cm³/mol. The molecule has 0 radical (unpaired) electrons. The molecule has 252 valence electrons. The molecule has 0 N–H and O–H groups in total. The first-order valence-electron chi connectivity index (χ1n) is 18.1. The molecule has 3 aromatic heterocycles.